The van der Waals surface area contributed by atoms with E-state index in [4.69, 9.17) is 23.8 Å². The molecule has 0 saturated carbocycles. The number of carbonyl (C=O) groups excluding carboxylic acids is 1. The Morgan fingerprint density at radius 2 is 1.81 bits per heavy atom. The normalized spacial score (nSPS) is 16.5. The van der Waals surface area contributed by atoms with Crippen LogP contribution in [0.3, 0.4) is 0 Å². The fourth-order valence-corrected chi connectivity index (χ4v) is 6.25. The molecule has 0 bridgehead atoms. The van der Waals surface area contributed by atoms with E-state index < -0.39 is 51.8 Å². The van der Waals surface area contributed by atoms with Crippen molar-refractivity contribution in [2.75, 3.05) is 19.9 Å². The van der Waals surface area contributed by atoms with Gasteiger partial charge in [-0.15, -0.1) is 0 Å². The molecule has 1 aliphatic heterocycles. The fraction of sp³-hybridized carbons (Fsp3) is 0.552. The minimum absolute atomic E-state index is 0.0904. The van der Waals surface area contributed by atoms with Crippen molar-refractivity contribution in [3.05, 3.63) is 46.1 Å². The van der Waals surface area contributed by atoms with E-state index in [0.29, 0.717) is 35.7 Å². The van der Waals surface area contributed by atoms with Gasteiger partial charge < -0.3 is 29.3 Å². The van der Waals surface area contributed by atoms with Crippen molar-refractivity contribution in [3.8, 4) is 11.5 Å². The van der Waals surface area contributed by atoms with Crippen LogP contribution in [0, 0.1) is 12.8 Å². The zero-order valence-corrected chi connectivity index (χ0v) is 27.3. The van der Waals surface area contributed by atoms with Crippen LogP contribution < -0.4 is 9.47 Å². The molecule has 3 unspecified atom stereocenters. The highest BCUT2D eigenvalue weighted by Gasteiger charge is 2.33. The van der Waals surface area contributed by atoms with Gasteiger partial charge in [-0.1, -0.05) is 43.4 Å². The van der Waals surface area contributed by atoms with Gasteiger partial charge in [-0.3, -0.25) is 13.9 Å². The van der Waals surface area contributed by atoms with Crippen LogP contribution in [0.15, 0.2) is 23.8 Å². The number of esters is 1. The maximum Gasteiger partial charge on any atom is 0.342 e. The summed E-state index contributed by atoms with van der Waals surface area (Å²) in [5, 5.41) is 18.6. The molecule has 1 heterocycles. The van der Waals surface area contributed by atoms with Crippen molar-refractivity contribution < 1.29 is 52.8 Å². The second-order valence-electron chi connectivity index (χ2n) is 11.7. The summed E-state index contributed by atoms with van der Waals surface area (Å²) >= 11 is 0. The Morgan fingerprint density at radius 3 is 2.38 bits per heavy atom. The molecule has 11 nitrogen and oxygen atoms in total. The number of benzene rings is 1. The third-order valence-electron chi connectivity index (χ3n) is 6.89. The van der Waals surface area contributed by atoms with Gasteiger partial charge in [0.15, 0.2) is 6.10 Å². The van der Waals surface area contributed by atoms with Crippen LogP contribution in [0.2, 0.25) is 25.7 Å². The molecule has 1 aromatic rings. The van der Waals surface area contributed by atoms with E-state index in [9.17, 15) is 28.9 Å². The van der Waals surface area contributed by atoms with Crippen molar-refractivity contribution in [1.29, 1.82) is 0 Å². The summed E-state index contributed by atoms with van der Waals surface area (Å²) in [5.74, 6) is -2.58. The summed E-state index contributed by atoms with van der Waals surface area (Å²) in [6.07, 6.45) is 3.45. The van der Waals surface area contributed by atoms with Crippen LogP contribution >= 0.6 is 7.60 Å². The van der Waals surface area contributed by atoms with E-state index in [1.54, 1.807) is 7.11 Å². The summed E-state index contributed by atoms with van der Waals surface area (Å²) in [7, 11) is -4.04. The van der Waals surface area contributed by atoms with Gasteiger partial charge in [0.05, 0.1) is 25.8 Å². The minimum atomic E-state index is -4.18. The third-order valence-corrected chi connectivity index (χ3v) is 9.91. The van der Waals surface area contributed by atoms with Crippen LogP contribution in [0.5, 0.6) is 11.5 Å². The number of ether oxygens (including phenoxy) is 3. The molecule has 13 heteroatoms. The van der Waals surface area contributed by atoms with Gasteiger partial charge >= 0.3 is 25.5 Å². The second-order valence-corrected chi connectivity index (χ2v) is 19.1. The largest absolute Gasteiger partial charge is 0.496 e. The Kier molecular flexibility index (Phi) is 12.6. The number of hydrogen-bond acceptors (Lipinski definition) is 8. The lowest BCUT2D eigenvalue weighted by Gasteiger charge is -2.21. The van der Waals surface area contributed by atoms with Crippen LogP contribution in [0.1, 0.15) is 53.7 Å². The first kappa shape index (κ1) is 35.3. The molecule has 0 amide bonds. The molecule has 1 aromatic carbocycles. The Balaban J connectivity index is 2.23. The Bertz CT molecular complexity index is 1280. The molecule has 0 saturated heterocycles. The SMILES string of the molecule is COc1c(C)c2c(c(OCC[Si](C)(C)C)c1CC=C(C)CC(CC=CCP(=O)(O)OC(C)C(=O)O)C(=O)O)C(=O)OC2. The smallest absolute Gasteiger partial charge is 0.342 e. The van der Waals surface area contributed by atoms with Crippen LogP contribution in [-0.4, -0.2) is 67.1 Å². The molecule has 0 radical (unpaired) electrons. The Hall–Kier alpha value is -2.92. The number of aliphatic carboxylic acids is 2. The molecule has 234 valence electrons. The standard InChI is InChI=1S/C29H43O11PSi/c1-18(16-21(28(32)33)10-8-9-14-41(35,36)40-20(3)27(30)31)11-12-22-25(37-4)19(2)23-17-39-29(34)24(23)26(22)38-13-15-42(5,6)7/h8-9,11,20-21H,10,12-17H2,1-7H3,(H,30,31)(H,32,33)(H,35,36). The number of carboxylic acid groups (broad SMARTS) is 2. The van der Waals surface area contributed by atoms with Crippen molar-refractivity contribution in [1.82, 2.24) is 0 Å². The second kappa shape index (κ2) is 15.0. The lowest BCUT2D eigenvalue weighted by Crippen LogP contribution is -2.23. The quantitative estimate of drug-likeness (QED) is 0.0853. The van der Waals surface area contributed by atoms with Crippen molar-refractivity contribution in [2.45, 2.75) is 78.4 Å². The van der Waals surface area contributed by atoms with E-state index in [1.807, 2.05) is 19.9 Å². The molecule has 42 heavy (non-hydrogen) atoms. The first-order chi connectivity index (χ1) is 19.5. The molecule has 0 aromatic heterocycles. The van der Waals surface area contributed by atoms with Crippen LogP contribution in [-0.2, 0) is 36.4 Å². The van der Waals surface area contributed by atoms with Gasteiger partial charge in [-0.05, 0) is 51.6 Å². The first-order valence-electron chi connectivity index (χ1n) is 13.8. The van der Waals surface area contributed by atoms with E-state index in [2.05, 4.69) is 19.6 Å². The van der Waals surface area contributed by atoms with E-state index >= 15 is 0 Å². The highest BCUT2D eigenvalue weighted by Crippen LogP contribution is 2.44. The van der Waals surface area contributed by atoms with Crippen LogP contribution in [0.25, 0.3) is 0 Å². The molecule has 0 aliphatic carbocycles. The molecule has 0 fully saturated rings. The number of cyclic esters (lactones) is 1. The molecule has 3 atom stereocenters. The van der Waals surface area contributed by atoms with E-state index in [0.717, 1.165) is 29.7 Å². The Labute approximate surface area is 248 Å². The van der Waals surface area contributed by atoms with Gasteiger partial charge in [-0.25, -0.2) is 9.59 Å². The number of carboxylic acids is 2. The number of carbonyl (C=O) groups is 3. The zero-order valence-electron chi connectivity index (χ0n) is 25.4. The molecule has 1 aliphatic rings. The summed E-state index contributed by atoms with van der Waals surface area (Å²) < 4.78 is 34.1. The number of methoxy groups -OCH3 is 1. The lowest BCUT2D eigenvalue weighted by atomic mass is 9.93. The van der Waals surface area contributed by atoms with Crippen LogP contribution in [0.4, 0.5) is 0 Å². The van der Waals surface area contributed by atoms with Gasteiger partial charge in [0, 0.05) is 19.2 Å². The summed E-state index contributed by atoms with van der Waals surface area (Å²) in [5.41, 5.74) is 3.45. The topological polar surface area (TPSA) is 166 Å². The summed E-state index contributed by atoms with van der Waals surface area (Å²) in [4.78, 5) is 45.3. The summed E-state index contributed by atoms with van der Waals surface area (Å²) in [6.45, 7) is 12.2. The number of allylic oxidation sites excluding steroid dienone is 4. The maximum atomic E-state index is 12.7. The van der Waals surface area contributed by atoms with Gasteiger partial charge in [0.1, 0.15) is 23.7 Å². The highest BCUT2D eigenvalue weighted by molar-refractivity contribution is 7.53. The molecular formula is C29H43O11PSi. The number of rotatable bonds is 17. The molecule has 0 spiro atoms. The van der Waals surface area contributed by atoms with Crippen molar-refractivity contribution in [2.24, 2.45) is 5.92 Å². The predicted molar refractivity (Wildman–Crippen MR) is 160 cm³/mol. The van der Waals surface area contributed by atoms with Crippen molar-refractivity contribution >= 4 is 33.6 Å². The fourth-order valence-electron chi connectivity index (χ4n) is 4.45. The molecular weight excluding hydrogens is 583 g/mol. The average Bonchev–Trinajstić information content (AvgIpc) is 3.26. The predicted octanol–water partition coefficient (Wildman–Crippen LogP) is 5.59. The summed E-state index contributed by atoms with van der Waals surface area (Å²) in [6, 6.07) is 0.894. The number of fused-ring (bicyclic) bond motifs is 1. The molecule has 3 N–H and O–H groups in total. The van der Waals surface area contributed by atoms with E-state index in [-0.39, 0.29) is 19.4 Å². The lowest BCUT2D eigenvalue weighted by molar-refractivity contribution is -0.144. The monoisotopic (exact) mass is 626 g/mol. The minimum Gasteiger partial charge on any atom is -0.496 e. The first-order valence-corrected chi connectivity index (χ1v) is 19.2. The van der Waals surface area contributed by atoms with Gasteiger partial charge in [0.25, 0.3) is 0 Å². The van der Waals surface area contributed by atoms with Crippen molar-refractivity contribution in [3.63, 3.8) is 0 Å². The third kappa shape index (κ3) is 10.1. The zero-order chi connectivity index (χ0) is 31.8. The average molecular weight is 627 g/mol. The van der Waals surface area contributed by atoms with Gasteiger partial charge in [0.2, 0.25) is 0 Å². The molecule has 2 rings (SSSR count). The maximum absolute atomic E-state index is 12.7. The van der Waals surface area contributed by atoms with E-state index in [1.165, 1.54) is 12.2 Å². The van der Waals surface area contributed by atoms with Gasteiger partial charge in [-0.2, -0.15) is 0 Å². The highest BCUT2D eigenvalue weighted by atomic mass is 31.2. The number of hydrogen-bond donors (Lipinski definition) is 3. The Morgan fingerprint density at radius 1 is 1.14 bits per heavy atom.